The Hall–Kier alpha value is -1.96. The molecule has 7 nitrogen and oxygen atoms in total. The Bertz CT molecular complexity index is 1210. The molecular weight excluding hydrogens is 557 g/mol. The summed E-state index contributed by atoms with van der Waals surface area (Å²) in [7, 11) is -0.411. The van der Waals surface area contributed by atoms with E-state index in [0.717, 1.165) is 17.4 Å². The highest BCUT2D eigenvalue weighted by atomic mass is 79.9. The van der Waals surface area contributed by atoms with E-state index in [-0.39, 0.29) is 35.1 Å². The van der Waals surface area contributed by atoms with Gasteiger partial charge < -0.3 is 9.80 Å². The first-order valence-corrected chi connectivity index (χ1v) is 13.3. The van der Waals surface area contributed by atoms with Crippen molar-refractivity contribution in [1.82, 2.24) is 9.21 Å². The van der Waals surface area contributed by atoms with Gasteiger partial charge in [-0.3, -0.25) is 4.79 Å². The first-order chi connectivity index (χ1) is 15.7. The molecule has 1 atom stereocenters. The van der Waals surface area contributed by atoms with E-state index in [9.17, 15) is 26.4 Å². The van der Waals surface area contributed by atoms with Gasteiger partial charge in [-0.1, -0.05) is 0 Å². The van der Waals surface area contributed by atoms with Crippen molar-refractivity contribution in [3.05, 3.63) is 45.2 Å². The Morgan fingerprint density at radius 3 is 2.41 bits per heavy atom. The summed E-state index contributed by atoms with van der Waals surface area (Å²) >= 11 is 4.34. The lowest BCUT2D eigenvalue weighted by atomic mass is 10.0. The number of carbonyl (C=O) groups excluding carboxylic acids is 1. The molecular formula is C21H24BrF3N4O3S2. The lowest BCUT2D eigenvalue weighted by Crippen LogP contribution is -2.54. The lowest BCUT2D eigenvalue weighted by Gasteiger charge is -2.40. The van der Waals surface area contributed by atoms with Crippen LogP contribution in [0.3, 0.4) is 0 Å². The van der Waals surface area contributed by atoms with Crippen LogP contribution < -0.4 is 4.90 Å². The third kappa shape index (κ3) is 5.64. The number of anilines is 1. The molecule has 1 aromatic heterocycles. The van der Waals surface area contributed by atoms with Crippen LogP contribution in [0.15, 0.2) is 43.3 Å². The van der Waals surface area contributed by atoms with Crippen LogP contribution in [0, 0.1) is 0 Å². The fraction of sp³-hybridized carbons (Fsp3) is 0.429. The molecule has 1 aliphatic heterocycles. The minimum Gasteiger partial charge on any atom is -0.368 e. The molecule has 186 valence electrons. The molecule has 1 fully saturated rings. The zero-order valence-corrected chi connectivity index (χ0v) is 22.1. The second-order valence-corrected chi connectivity index (χ2v) is 12.6. The van der Waals surface area contributed by atoms with E-state index in [4.69, 9.17) is 0 Å². The van der Waals surface area contributed by atoms with E-state index in [0.29, 0.717) is 9.62 Å². The molecule has 2 heterocycles. The van der Waals surface area contributed by atoms with Gasteiger partial charge in [-0.15, -0.1) is 11.3 Å². The number of sulfonamides is 1. The number of nitrogens with zero attached hydrogens (tertiary/aromatic N) is 4. The molecule has 1 saturated heterocycles. The Labute approximate surface area is 209 Å². The van der Waals surface area contributed by atoms with Crippen LogP contribution in [0.25, 0.3) is 0 Å². The van der Waals surface area contributed by atoms with Crippen molar-refractivity contribution in [2.45, 2.75) is 30.3 Å². The maximum absolute atomic E-state index is 13.9. The van der Waals surface area contributed by atoms with Crippen LogP contribution in [0.2, 0.25) is 0 Å². The topological polar surface area (TPSA) is 73.3 Å². The van der Waals surface area contributed by atoms with Crippen LogP contribution in [0.5, 0.6) is 0 Å². The third-order valence-electron chi connectivity index (χ3n) is 5.48. The number of piperazine rings is 1. The molecule has 0 saturated carbocycles. The monoisotopic (exact) mass is 580 g/mol. The standard InChI is InChI=1S/C21H24BrF3N4O3S2/c1-13-12-28(9-10-29(13)34(31,32)19-8-7-18(22)33-19)17-6-5-15(11-16(17)21(23,24)25)20(30)26-14(2)27(3)4/h5-8,11,13H,9-10,12H2,1-4H3/b26-14-/t13-/m1/s1. The Morgan fingerprint density at radius 2 is 1.88 bits per heavy atom. The molecule has 0 radical (unpaired) electrons. The van der Waals surface area contributed by atoms with Gasteiger partial charge in [0, 0.05) is 51.0 Å². The molecule has 0 unspecified atom stereocenters. The average Bonchev–Trinajstić information content (AvgIpc) is 3.19. The van der Waals surface area contributed by atoms with Crippen molar-refractivity contribution in [3.8, 4) is 0 Å². The number of hydrogen-bond acceptors (Lipinski definition) is 5. The summed E-state index contributed by atoms with van der Waals surface area (Å²) < 4.78 is 70.0. The van der Waals surface area contributed by atoms with Crippen LogP contribution in [-0.4, -0.2) is 69.1 Å². The Balaban J connectivity index is 1.89. The predicted octanol–water partition coefficient (Wildman–Crippen LogP) is 4.55. The number of benzene rings is 1. The van der Waals surface area contributed by atoms with Crippen molar-refractivity contribution in [2.24, 2.45) is 4.99 Å². The van der Waals surface area contributed by atoms with Gasteiger partial charge in [-0.05, 0) is 60.1 Å². The molecule has 0 aliphatic carbocycles. The first-order valence-electron chi connectivity index (χ1n) is 10.2. The molecule has 0 bridgehead atoms. The molecule has 0 spiro atoms. The summed E-state index contributed by atoms with van der Waals surface area (Å²) in [6.45, 7) is 3.42. The van der Waals surface area contributed by atoms with E-state index in [1.165, 1.54) is 27.4 Å². The Morgan fingerprint density at radius 1 is 1.21 bits per heavy atom. The largest absolute Gasteiger partial charge is 0.418 e. The summed E-state index contributed by atoms with van der Waals surface area (Å²) in [6.07, 6.45) is -4.71. The smallest absolute Gasteiger partial charge is 0.368 e. The highest BCUT2D eigenvalue weighted by Gasteiger charge is 2.39. The number of thiophene rings is 1. The molecule has 34 heavy (non-hydrogen) atoms. The van der Waals surface area contributed by atoms with Gasteiger partial charge >= 0.3 is 6.18 Å². The summed E-state index contributed by atoms with van der Waals surface area (Å²) in [5.74, 6) is -0.402. The van der Waals surface area contributed by atoms with E-state index in [1.54, 1.807) is 38.9 Å². The van der Waals surface area contributed by atoms with Gasteiger partial charge in [-0.2, -0.15) is 22.5 Å². The molecule has 0 N–H and O–H groups in total. The highest BCUT2D eigenvalue weighted by molar-refractivity contribution is 9.11. The summed E-state index contributed by atoms with van der Waals surface area (Å²) in [5.41, 5.74) is -1.23. The van der Waals surface area contributed by atoms with Crippen molar-refractivity contribution in [1.29, 1.82) is 0 Å². The number of aliphatic imine (C=N–C) groups is 1. The molecule has 13 heteroatoms. The predicted molar refractivity (Wildman–Crippen MR) is 130 cm³/mol. The van der Waals surface area contributed by atoms with Crippen molar-refractivity contribution >= 4 is 54.7 Å². The minimum absolute atomic E-state index is 0.0311. The maximum Gasteiger partial charge on any atom is 0.418 e. The number of amidine groups is 1. The van der Waals surface area contributed by atoms with Gasteiger partial charge in [0.15, 0.2) is 0 Å². The number of rotatable bonds is 4. The zero-order valence-electron chi connectivity index (χ0n) is 18.9. The van der Waals surface area contributed by atoms with Crippen LogP contribution in [-0.2, 0) is 16.2 Å². The SMILES string of the molecule is C/C(=N/C(=O)c1ccc(N2CCN(S(=O)(=O)c3ccc(Br)s3)[C@H](C)C2)c(C(F)(F)F)c1)N(C)C. The number of halogens is 4. The molecule has 3 rings (SSSR count). The zero-order chi connectivity index (χ0) is 25.4. The van der Waals surface area contributed by atoms with Gasteiger partial charge in [-0.25, -0.2) is 8.42 Å². The molecule has 1 amide bonds. The van der Waals surface area contributed by atoms with Crippen LogP contribution in [0.1, 0.15) is 29.8 Å². The number of hydrogen-bond donors (Lipinski definition) is 0. The van der Waals surface area contributed by atoms with Crippen LogP contribution in [0.4, 0.5) is 18.9 Å². The van der Waals surface area contributed by atoms with E-state index in [1.807, 2.05) is 0 Å². The summed E-state index contributed by atoms with van der Waals surface area (Å²) in [4.78, 5) is 19.3. The van der Waals surface area contributed by atoms with E-state index in [2.05, 4.69) is 20.9 Å². The third-order valence-corrected chi connectivity index (χ3v) is 9.58. The van der Waals surface area contributed by atoms with Gasteiger partial charge in [0.05, 0.1) is 9.35 Å². The second-order valence-electron chi connectivity index (χ2n) is 8.06. The lowest BCUT2D eigenvalue weighted by molar-refractivity contribution is -0.137. The molecule has 1 aliphatic rings. The van der Waals surface area contributed by atoms with Crippen molar-refractivity contribution in [3.63, 3.8) is 0 Å². The van der Waals surface area contributed by atoms with Crippen LogP contribution >= 0.6 is 27.3 Å². The summed E-state index contributed by atoms with van der Waals surface area (Å²) in [5, 5.41) is 0. The fourth-order valence-corrected chi connectivity index (χ4v) is 7.30. The van der Waals surface area contributed by atoms with E-state index < -0.39 is 33.7 Å². The van der Waals surface area contributed by atoms with Crippen molar-refractivity contribution < 1.29 is 26.4 Å². The van der Waals surface area contributed by atoms with E-state index >= 15 is 0 Å². The van der Waals surface area contributed by atoms with Gasteiger partial charge in [0.25, 0.3) is 15.9 Å². The summed E-state index contributed by atoms with van der Waals surface area (Å²) in [6, 6.07) is 5.96. The molecule has 1 aromatic carbocycles. The maximum atomic E-state index is 13.9. The number of alkyl halides is 3. The minimum atomic E-state index is -4.71. The van der Waals surface area contributed by atoms with Crippen molar-refractivity contribution in [2.75, 3.05) is 38.6 Å². The quantitative estimate of drug-likeness (QED) is 0.392. The normalized spacial score (nSPS) is 18.3. The van der Waals surface area contributed by atoms with Gasteiger partial charge in [0.1, 0.15) is 10.0 Å². The van der Waals surface area contributed by atoms with Gasteiger partial charge in [0.2, 0.25) is 0 Å². The second kappa shape index (κ2) is 9.96. The average molecular weight is 581 g/mol. The first kappa shape index (κ1) is 26.6. The number of carbonyl (C=O) groups is 1. The Kier molecular flexibility index (Phi) is 7.80. The fourth-order valence-electron chi connectivity index (χ4n) is 3.55. The molecule has 2 aromatic rings. The highest BCUT2D eigenvalue weighted by Crippen LogP contribution is 2.39. The number of amides is 1.